The molecule has 1 aliphatic rings. The van der Waals surface area contributed by atoms with Gasteiger partial charge in [0.1, 0.15) is 0 Å². The molecule has 6 heteroatoms. The second-order valence-corrected chi connectivity index (χ2v) is 10.4. The Kier molecular flexibility index (Phi) is 9.58. The molecule has 0 saturated heterocycles. The molecule has 3 aromatic rings. The van der Waals surface area contributed by atoms with E-state index in [9.17, 15) is 22.0 Å². The smallest absolute Gasteiger partial charge is 0.166 e. The van der Waals surface area contributed by atoms with E-state index in [1.165, 1.54) is 18.2 Å². The van der Waals surface area contributed by atoms with Crippen molar-refractivity contribution >= 4 is 5.57 Å². The summed E-state index contributed by atoms with van der Waals surface area (Å²) in [6.07, 6.45) is 6.65. The molecule has 0 aliphatic heterocycles. The molecule has 0 N–H and O–H groups in total. The van der Waals surface area contributed by atoms with Crippen LogP contribution in [-0.4, -0.2) is 0 Å². The van der Waals surface area contributed by atoms with Crippen LogP contribution in [0, 0.1) is 34.9 Å². The van der Waals surface area contributed by atoms with Crippen molar-refractivity contribution in [2.75, 3.05) is 0 Å². The van der Waals surface area contributed by atoms with Crippen molar-refractivity contribution in [3.8, 4) is 0 Å². The number of hydrogen-bond donors (Lipinski definition) is 0. The Labute approximate surface area is 226 Å². The van der Waals surface area contributed by atoms with Gasteiger partial charge in [-0.15, -0.1) is 0 Å². The molecule has 0 bridgehead atoms. The molecule has 4 rings (SSSR count). The molecular formula is C33H34F6. The van der Waals surface area contributed by atoms with Gasteiger partial charge in [0.2, 0.25) is 0 Å². The number of benzene rings is 3. The minimum Gasteiger partial charge on any atom is -0.203 e. The van der Waals surface area contributed by atoms with Crippen LogP contribution in [0.2, 0.25) is 0 Å². The minimum absolute atomic E-state index is 0.0221. The zero-order valence-electron chi connectivity index (χ0n) is 22.5. The summed E-state index contributed by atoms with van der Waals surface area (Å²) in [4.78, 5) is 0. The lowest BCUT2D eigenvalue weighted by Gasteiger charge is -2.24. The average molecular weight is 545 g/mol. The fourth-order valence-corrected chi connectivity index (χ4v) is 5.43. The lowest BCUT2D eigenvalue weighted by Crippen LogP contribution is -2.10. The standard InChI is InChI=1S/C33H34F6/c1-3-5-6-7-23-12-13-24(30(36)29(23)35)14-15-25-17-19-27(33(39)31(25)37)22-10-8-21(9-11-22)26-18-16-20(4-2)28(34)32(26)38/h10,12-13,16-19,21H,3-9,11,14-15H2,1-2H3. The summed E-state index contributed by atoms with van der Waals surface area (Å²) in [5.74, 6) is -5.68. The highest BCUT2D eigenvalue weighted by Crippen LogP contribution is 2.39. The van der Waals surface area contributed by atoms with Gasteiger partial charge in [0.25, 0.3) is 0 Å². The van der Waals surface area contributed by atoms with Gasteiger partial charge in [-0.2, -0.15) is 0 Å². The van der Waals surface area contributed by atoms with Crippen molar-refractivity contribution in [1.29, 1.82) is 0 Å². The van der Waals surface area contributed by atoms with Crippen molar-refractivity contribution < 1.29 is 26.3 Å². The predicted molar refractivity (Wildman–Crippen MR) is 144 cm³/mol. The lowest BCUT2D eigenvalue weighted by molar-refractivity contribution is 0.472. The van der Waals surface area contributed by atoms with E-state index in [-0.39, 0.29) is 35.4 Å². The van der Waals surface area contributed by atoms with Crippen LogP contribution >= 0.6 is 0 Å². The van der Waals surface area contributed by atoms with Gasteiger partial charge in [0, 0.05) is 5.56 Å². The Hall–Kier alpha value is -3.02. The van der Waals surface area contributed by atoms with Crippen LogP contribution in [0.1, 0.15) is 91.7 Å². The van der Waals surface area contributed by atoms with Gasteiger partial charge in [-0.05, 0) is 90.7 Å². The van der Waals surface area contributed by atoms with E-state index >= 15 is 4.39 Å². The summed E-state index contributed by atoms with van der Waals surface area (Å²) in [5.41, 5.74) is 1.94. The van der Waals surface area contributed by atoms with Gasteiger partial charge in [-0.1, -0.05) is 69.2 Å². The fraction of sp³-hybridized carbons (Fsp3) is 0.394. The molecule has 1 aliphatic carbocycles. The van der Waals surface area contributed by atoms with Gasteiger partial charge in [0.15, 0.2) is 34.9 Å². The molecule has 0 heterocycles. The van der Waals surface area contributed by atoms with E-state index in [2.05, 4.69) is 0 Å². The average Bonchev–Trinajstić information content (AvgIpc) is 2.94. The first-order valence-corrected chi connectivity index (χ1v) is 13.9. The molecule has 0 radical (unpaired) electrons. The maximum atomic E-state index is 15.1. The first-order valence-electron chi connectivity index (χ1n) is 13.9. The molecular weight excluding hydrogens is 510 g/mol. The highest BCUT2D eigenvalue weighted by atomic mass is 19.2. The molecule has 3 aromatic carbocycles. The molecule has 0 spiro atoms. The third-order valence-corrected chi connectivity index (χ3v) is 7.89. The number of halogens is 6. The first kappa shape index (κ1) is 29.0. The number of allylic oxidation sites excluding steroid dienone is 2. The van der Waals surface area contributed by atoms with Gasteiger partial charge in [-0.3, -0.25) is 0 Å². The predicted octanol–water partition coefficient (Wildman–Crippen LogP) is 9.95. The monoisotopic (exact) mass is 544 g/mol. The van der Waals surface area contributed by atoms with Crippen LogP contribution in [-0.2, 0) is 25.7 Å². The zero-order valence-corrected chi connectivity index (χ0v) is 22.5. The fourth-order valence-electron chi connectivity index (χ4n) is 5.43. The topological polar surface area (TPSA) is 0 Å². The van der Waals surface area contributed by atoms with Crippen molar-refractivity contribution in [2.45, 2.75) is 84.0 Å². The molecule has 39 heavy (non-hydrogen) atoms. The molecule has 0 amide bonds. The van der Waals surface area contributed by atoms with E-state index in [1.807, 2.05) is 6.92 Å². The summed E-state index contributed by atoms with van der Waals surface area (Å²) in [6.45, 7) is 3.80. The molecule has 0 aromatic heterocycles. The third kappa shape index (κ3) is 6.26. The normalized spacial score (nSPS) is 15.5. The van der Waals surface area contributed by atoms with Gasteiger partial charge < -0.3 is 0 Å². The van der Waals surface area contributed by atoms with E-state index in [4.69, 9.17) is 0 Å². The Balaban J connectivity index is 1.45. The van der Waals surface area contributed by atoms with E-state index in [0.717, 1.165) is 19.3 Å². The summed E-state index contributed by atoms with van der Waals surface area (Å²) in [7, 11) is 0. The van der Waals surface area contributed by atoms with Crippen LogP contribution in [0.15, 0.2) is 42.5 Å². The van der Waals surface area contributed by atoms with Crippen LogP contribution in [0.25, 0.3) is 5.57 Å². The summed E-state index contributed by atoms with van der Waals surface area (Å²) < 4.78 is 88.0. The highest BCUT2D eigenvalue weighted by Gasteiger charge is 2.25. The van der Waals surface area contributed by atoms with E-state index in [1.54, 1.807) is 31.2 Å². The largest absolute Gasteiger partial charge is 0.203 e. The Morgan fingerprint density at radius 1 is 0.615 bits per heavy atom. The van der Waals surface area contributed by atoms with Gasteiger partial charge >= 0.3 is 0 Å². The maximum absolute atomic E-state index is 15.1. The molecule has 0 saturated carbocycles. The van der Waals surface area contributed by atoms with Crippen LogP contribution < -0.4 is 0 Å². The lowest BCUT2D eigenvalue weighted by atomic mass is 9.81. The van der Waals surface area contributed by atoms with Crippen molar-refractivity contribution in [3.05, 3.63) is 111 Å². The Morgan fingerprint density at radius 3 is 1.77 bits per heavy atom. The molecule has 208 valence electrons. The van der Waals surface area contributed by atoms with Gasteiger partial charge in [-0.25, -0.2) is 26.3 Å². The second-order valence-electron chi connectivity index (χ2n) is 10.4. The van der Waals surface area contributed by atoms with Crippen LogP contribution in [0.3, 0.4) is 0 Å². The minimum atomic E-state index is -1.00. The third-order valence-electron chi connectivity index (χ3n) is 7.89. The van der Waals surface area contributed by atoms with E-state index in [0.29, 0.717) is 54.4 Å². The van der Waals surface area contributed by atoms with Crippen LogP contribution in [0.5, 0.6) is 0 Å². The van der Waals surface area contributed by atoms with Crippen LogP contribution in [0.4, 0.5) is 26.3 Å². The number of unbranched alkanes of at least 4 members (excludes halogenated alkanes) is 2. The van der Waals surface area contributed by atoms with Crippen molar-refractivity contribution in [2.24, 2.45) is 0 Å². The summed E-state index contributed by atoms with van der Waals surface area (Å²) in [6, 6.07) is 9.30. The number of rotatable bonds is 10. The molecule has 1 atom stereocenters. The SMILES string of the molecule is CCCCCc1ccc(CCc2ccc(C3=CCC(c4ccc(CC)c(F)c4F)CC3)c(F)c2F)c(F)c1F. The molecule has 0 nitrogen and oxygen atoms in total. The second kappa shape index (κ2) is 12.9. The zero-order chi connectivity index (χ0) is 28.1. The first-order chi connectivity index (χ1) is 18.8. The number of aryl methyl sites for hydroxylation is 4. The van der Waals surface area contributed by atoms with E-state index < -0.39 is 34.9 Å². The highest BCUT2D eigenvalue weighted by molar-refractivity contribution is 5.67. The van der Waals surface area contributed by atoms with Gasteiger partial charge in [0.05, 0.1) is 0 Å². The number of hydrogen-bond acceptors (Lipinski definition) is 0. The quantitative estimate of drug-likeness (QED) is 0.176. The van der Waals surface area contributed by atoms with Crippen molar-refractivity contribution in [3.63, 3.8) is 0 Å². The summed E-state index contributed by atoms with van der Waals surface area (Å²) >= 11 is 0. The summed E-state index contributed by atoms with van der Waals surface area (Å²) in [5, 5.41) is 0. The maximum Gasteiger partial charge on any atom is 0.166 e. The Morgan fingerprint density at radius 2 is 1.18 bits per heavy atom. The molecule has 0 fully saturated rings. The molecule has 1 unspecified atom stereocenters. The van der Waals surface area contributed by atoms with Crippen molar-refractivity contribution in [1.82, 2.24) is 0 Å². The Bertz CT molecular complexity index is 1360.